The second kappa shape index (κ2) is 5.12. The van der Waals surface area contributed by atoms with Crippen LogP contribution >= 0.6 is 0 Å². The summed E-state index contributed by atoms with van der Waals surface area (Å²) in [6.07, 6.45) is 1.93. The first-order valence-corrected chi connectivity index (χ1v) is 7.13. The van der Waals surface area contributed by atoms with Gasteiger partial charge in [0.05, 0.1) is 11.8 Å². The van der Waals surface area contributed by atoms with E-state index < -0.39 is 17.3 Å². The highest BCUT2D eigenvalue weighted by Gasteiger charge is 2.65. The van der Waals surface area contributed by atoms with E-state index in [2.05, 4.69) is 17.1 Å². The van der Waals surface area contributed by atoms with Crippen LogP contribution in [0.3, 0.4) is 0 Å². The first kappa shape index (κ1) is 14.3. The van der Waals surface area contributed by atoms with Crippen molar-refractivity contribution >= 4 is 11.9 Å². The SMILES string of the molecule is CCN1CCC(NC(=O)[C@H]2[C@@H](C(=O)O)C2(C)C)CC1. The molecule has 2 aliphatic rings. The lowest BCUT2D eigenvalue weighted by Crippen LogP contribution is -2.45. The summed E-state index contributed by atoms with van der Waals surface area (Å²) >= 11 is 0. The highest BCUT2D eigenvalue weighted by Crippen LogP contribution is 2.58. The second-order valence-corrected chi connectivity index (χ2v) is 6.33. The average Bonchev–Trinajstić information content (AvgIpc) is 2.93. The van der Waals surface area contributed by atoms with E-state index in [1.165, 1.54) is 0 Å². The van der Waals surface area contributed by atoms with Crippen LogP contribution in [-0.4, -0.2) is 47.6 Å². The van der Waals surface area contributed by atoms with Gasteiger partial charge in [-0.2, -0.15) is 0 Å². The highest BCUT2D eigenvalue weighted by atomic mass is 16.4. The standard InChI is InChI=1S/C14H24N2O3/c1-4-16-7-5-9(6-8-16)15-12(17)10-11(13(18)19)14(10,2)3/h9-11H,4-8H2,1-3H3,(H,15,17)(H,18,19)/t10-,11+/m1/s1. The molecule has 19 heavy (non-hydrogen) atoms. The maximum atomic E-state index is 12.2. The number of aliphatic carboxylic acids is 1. The molecular formula is C14H24N2O3. The minimum atomic E-state index is -0.856. The van der Waals surface area contributed by atoms with E-state index >= 15 is 0 Å². The number of nitrogens with one attached hydrogen (secondary N) is 1. The van der Waals surface area contributed by atoms with Crippen molar-refractivity contribution in [2.75, 3.05) is 19.6 Å². The minimum Gasteiger partial charge on any atom is -0.481 e. The van der Waals surface area contributed by atoms with E-state index in [-0.39, 0.29) is 17.9 Å². The molecule has 0 spiro atoms. The predicted molar refractivity (Wildman–Crippen MR) is 71.7 cm³/mol. The van der Waals surface area contributed by atoms with Crippen molar-refractivity contribution in [3.8, 4) is 0 Å². The van der Waals surface area contributed by atoms with Gasteiger partial charge in [0.25, 0.3) is 0 Å². The molecule has 5 heteroatoms. The lowest BCUT2D eigenvalue weighted by atomic mass is 10.0. The van der Waals surface area contributed by atoms with Crippen LogP contribution in [0, 0.1) is 17.3 Å². The molecule has 2 rings (SSSR count). The molecule has 0 bridgehead atoms. The monoisotopic (exact) mass is 268 g/mol. The lowest BCUT2D eigenvalue weighted by Gasteiger charge is -2.31. The molecule has 1 aliphatic heterocycles. The van der Waals surface area contributed by atoms with Gasteiger partial charge in [0.15, 0.2) is 0 Å². The third kappa shape index (κ3) is 2.76. The largest absolute Gasteiger partial charge is 0.481 e. The maximum absolute atomic E-state index is 12.2. The molecule has 2 fully saturated rings. The number of carbonyl (C=O) groups excluding carboxylic acids is 1. The van der Waals surface area contributed by atoms with Gasteiger partial charge in [-0.25, -0.2) is 0 Å². The zero-order valence-electron chi connectivity index (χ0n) is 12.0. The molecule has 1 saturated carbocycles. The van der Waals surface area contributed by atoms with Gasteiger partial charge in [0, 0.05) is 19.1 Å². The van der Waals surface area contributed by atoms with Gasteiger partial charge in [0.1, 0.15) is 0 Å². The van der Waals surface area contributed by atoms with Gasteiger partial charge >= 0.3 is 5.97 Å². The zero-order chi connectivity index (χ0) is 14.2. The Hall–Kier alpha value is -1.10. The van der Waals surface area contributed by atoms with E-state index in [9.17, 15) is 9.59 Å². The molecule has 108 valence electrons. The number of amides is 1. The molecule has 0 unspecified atom stereocenters. The van der Waals surface area contributed by atoms with Gasteiger partial charge < -0.3 is 15.3 Å². The average molecular weight is 268 g/mol. The summed E-state index contributed by atoms with van der Waals surface area (Å²) in [6.45, 7) is 8.93. The van der Waals surface area contributed by atoms with Crippen LogP contribution in [-0.2, 0) is 9.59 Å². The molecule has 0 aromatic rings. The van der Waals surface area contributed by atoms with Crippen molar-refractivity contribution in [3.63, 3.8) is 0 Å². The number of piperidine rings is 1. The quantitative estimate of drug-likeness (QED) is 0.796. The van der Waals surface area contributed by atoms with Crippen molar-refractivity contribution in [3.05, 3.63) is 0 Å². The van der Waals surface area contributed by atoms with E-state index in [0.717, 1.165) is 32.5 Å². The molecular weight excluding hydrogens is 244 g/mol. The third-order valence-electron chi connectivity index (χ3n) is 4.76. The Bertz CT molecular complexity index is 373. The summed E-state index contributed by atoms with van der Waals surface area (Å²) < 4.78 is 0. The van der Waals surface area contributed by atoms with Gasteiger partial charge in [0.2, 0.25) is 5.91 Å². The third-order valence-corrected chi connectivity index (χ3v) is 4.76. The van der Waals surface area contributed by atoms with Crippen molar-refractivity contribution in [2.45, 2.75) is 39.7 Å². The summed E-state index contributed by atoms with van der Waals surface area (Å²) in [7, 11) is 0. The molecule has 1 amide bonds. The number of carboxylic acids is 1. The molecule has 0 aromatic carbocycles. The summed E-state index contributed by atoms with van der Waals surface area (Å²) in [5.41, 5.74) is -0.403. The molecule has 2 N–H and O–H groups in total. The second-order valence-electron chi connectivity index (χ2n) is 6.33. The van der Waals surface area contributed by atoms with Gasteiger partial charge in [-0.1, -0.05) is 20.8 Å². The summed E-state index contributed by atoms with van der Waals surface area (Å²) in [5.74, 6) is -1.82. The summed E-state index contributed by atoms with van der Waals surface area (Å²) in [6, 6.07) is 0.209. The molecule has 1 saturated heterocycles. The Morgan fingerprint density at radius 2 is 1.84 bits per heavy atom. The fourth-order valence-electron chi connectivity index (χ4n) is 3.27. The molecule has 1 aliphatic carbocycles. The lowest BCUT2D eigenvalue weighted by molar-refractivity contribution is -0.140. The first-order valence-electron chi connectivity index (χ1n) is 7.13. The normalized spacial score (nSPS) is 30.9. The molecule has 0 aromatic heterocycles. The van der Waals surface area contributed by atoms with Crippen molar-refractivity contribution < 1.29 is 14.7 Å². The Morgan fingerprint density at radius 3 is 2.26 bits per heavy atom. The highest BCUT2D eigenvalue weighted by molar-refractivity contribution is 5.91. The molecule has 1 heterocycles. The summed E-state index contributed by atoms with van der Waals surface area (Å²) in [5, 5.41) is 12.1. The Kier molecular flexibility index (Phi) is 3.85. The van der Waals surface area contributed by atoms with Crippen LogP contribution in [0.15, 0.2) is 0 Å². The zero-order valence-corrected chi connectivity index (χ0v) is 12.0. The fourth-order valence-corrected chi connectivity index (χ4v) is 3.27. The number of hydrogen-bond donors (Lipinski definition) is 2. The minimum absolute atomic E-state index is 0.0765. The maximum Gasteiger partial charge on any atom is 0.307 e. The topological polar surface area (TPSA) is 69.6 Å². The number of likely N-dealkylation sites (tertiary alicyclic amines) is 1. The van der Waals surface area contributed by atoms with Crippen LogP contribution in [0.1, 0.15) is 33.6 Å². The Labute approximate surface area is 114 Å². The number of carbonyl (C=O) groups is 2. The van der Waals surface area contributed by atoms with Crippen LogP contribution in [0.4, 0.5) is 0 Å². The van der Waals surface area contributed by atoms with Gasteiger partial charge in [-0.3, -0.25) is 9.59 Å². The van der Waals surface area contributed by atoms with E-state index in [0.29, 0.717) is 0 Å². The van der Waals surface area contributed by atoms with Gasteiger partial charge in [-0.05, 0) is 24.8 Å². The first-order chi connectivity index (χ1) is 8.87. The number of hydrogen-bond acceptors (Lipinski definition) is 3. The van der Waals surface area contributed by atoms with Crippen LogP contribution in [0.25, 0.3) is 0 Å². The van der Waals surface area contributed by atoms with Crippen molar-refractivity contribution in [1.82, 2.24) is 10.2 Å². The van der Waals surface area contributed by atoms with Gasteiger partial charge in [-0.15, -0.1) is 0 Å². The van der Waals surface area contributed by atoms with E-state index in [4.69, 9.17) is 5.11 Å². The Balaban J connectivity index is 1.85. The van der Waals surface area contributed by atoms with Crippen LogP contribution in [0.5, 0.6) is 0 Å². The predicted octanol–water partition coefficient (Wildman–Crippen LogP) is 0.944. The van der Waals surface area contributed by atoms with Crippen LogP contribution < -0.4 is 5.32 Å². The molecule has 0 radical (unpaired) electrons. The smallest absolute Gasteiger partial charge is 0.307 e. The number of rotatable bonds is 4. The number of carboxylic acid groups (broad SMARTS) is 1. The van der Waals surface area contributed by atoms with E-state index in [1.807, 2.05) is 13.8 Å². The Morgan fingerprint density at radius 1 is 1.26 bits per heavy atom. The van der Waals surface area contributed by atoms with E-state index in [1.54, 1.807) is 0 Å². The summed E-state index contributed by atoms with van der Waals surface area (Å²) in [4.78, 5) is 25.6. The van der Waals surface area contributed by atoms with Crippen molar-refractivity contribution in [1.29, 1.82) is 0 Å². The number of nitrogens with zero attached hydrogens (tertiary/aromatic N) is 1. The van der Waals surface area contributed by atoms with Crippen molar-refractivity contribution in [2.24, 2.45) is 17.3 Å². The fraction of sp³-hybridized carbons (Fsp3) is 0.857. The molecule has 5 nitrogen and oxygen atoms in total. The molecule has 2 atom stereocenters. The van der Waals surface area contributed by atoms with Crippen LogP contribution in [0.2, 0.25) is 0 Å².